The lowest BCUT2D eigenvalue weighted by molar-refractivity contribution is 0.276. The summed E-state index contributed by atoms with van der Waals surface area (Å²) in [5, 5.41) is 0. The molecular formula is C16H20N2O5S. The Kier molecular flexibility index (Phi) is 6.10. The first-order chi connectivity index (χ1) is 11.4. The molecular weight excluding hydrogens is 332 g/mol. The Morgan fingerprint density at radius 3 is 2.00 bits per heavy atom. The first-order valence-electron chi connectivity index (χ1n) is 7.54. The topological polar surface area (TPSA) is 87.6 Å². The molecule has 0 amide bonds. The van der Waals surface area contributed by atoms with E-state index in [0.717, 1.165) is 5.56 Å². The van der Waals surface area contributed by atoms with Crippen molar-refractivity contribution in [1.82, 2.24) is 9.97 Å². The third kappa shape index (κ3) is 4.90. The number of hydrogen-bond acceptors (Lipinski definition) is 7. The highest BCUT2D eigenvalue weighted by Gasteiger charge is 2.17. The van der Waals surface area contributed by atoms with Crippen LogP contribution in [0.3, 0.4) is 0 Å². The smallest absolute Gasteiger partial charge is 0.297 e. The summed E-state index contributed by atoms with van der Waals surface area (Å²) >= 11 is 0. The van der Waals surface area contributed by atoms with Gasteiger partial charge in [-0.1, -0.05) is 17.7 Å². The Bertz CT molecular complexity index is 751. The quantitative estimate of drug-likeness (QED) is 0.674. The van der Waals surface area contributed by atoms with Gasteiger partial charge in [0.05, 0.1) is 24.2 Å². The second-order valence-corrected chi connectivity index (χ2v) is 6.47. The van der Waals surface area contributed by atoms with E-state index in [2.05, 4.69) is 9.97 Å². The first-order valence-corrected chi connectivity index (χ1v) is 8.95. The summed E-state index contributed by atoms with van der Waals surface area (Å²) in [7, 11) is -3.89. The molecule has 0 saturated heterocycles. The third-order valence-electron chi connectivity index (χ3n) is 2.96. The standard InChI is InChI=1S/C16H20N2O5S/c1-4-21-15-10-16(22-5-2)18-14(17-15)11-23-24(19,20)13-8-6-12(3)7-9-13/h6-10H,4-5,11H2,1-3H3. The fraction of sp³-hybridized carbons (Fsp3) is 0.375. The number of rotatable bonds is 8. The van der Waals surface area contributed by atoms with Crippen molar-refractivity contribution in [2.24, 2.45) is 0 Å². The molecule has 8 heteroatoms. The van der Waals surface area contributed by atoms with Gasteiger partial charge in [0.15, 0.2) is 5.82 Å². The summed E-state index contributed by atoms with van der Waals surface area (Å²) in [6, 6.07) is 7.94. The Morgan fingerprint density at radius 2 is 1.50 bits per heavy atom. The number of hydrogen-bond donors (Lipinski definition) is 0. The van der Waals surface area contributed by atoms with Gasteiger partial charge in [0, 0.05) is 0 Å². The second kappa shape index (κ2) is 8.07. The highest BCUT2D eigenvalue weighted by Crippen LogP contribution is 2.18. The first kappa shape index (κ1) is 18.2. The minimum Gasteiger partial charge on any atom is -0.478 e. The van der Waals surface area contributed by atoms with E-state index in [4.69, 9.17) is 13.7 Å². The van der Waals surface area contributed by atoms with Gasteiger partial charge in [-0.25, -0.2) is 0 Å². The molecule has 24 heavy (non-hydrogen) atoms. The largest absolute Gasteiger partial charge is 0.478 e. The van der Waals surface area contributed by atoms with Gasteiger partial charge in [-0.2, -0.15) is 18.4 Å². The molecule has 0 spiro atoms. The second-order valence-electron chi connectivity index (χ2n) is 4.86. The van der Waals surface area contributed by atoms with E-state index in [1.807, 2.05) is 20.8 Å². The van der Waals surface area contributed by atoms with Gasteiger partial charge in [-0.15, -0.1) is 0 Å². The number of aromatic nitrogens is 2. The van der Waals surface area contributed by atoms with Crippen molar-refractivity contribution >= 4 is 10.1 Å². The van der Waals surface area contributed by atoms with Crippen LogP contribution in [-0.2, 0) is 20.9 Å². The van der Waals surface area contributed by atoms with Crippen LogP contribution in [0.5, 0.6) is 11.8 Å². The van der Waals surface area contributed by atoms with Crippen molar-refractivity contribution in [1.29, 1.82) is 0 Å². The molecule has 0 bridgehead atoms. The molecule has 0 unspecified atom stereocenters. The van der Waals surface area contributed by atoms with Gasteiger partial charge < -0.3 is 9.47 Å². The number of ether oxygens (including phenoxy) is 2. The summed E-state index contributed by atoms with van der Waals surface area (Å²) in [5.41, 5.74) is 0.961. The fourth-order valence-electron chi connectivity index (χ4n) is 1.86. The Balaban J connectivity index is 2.16. The lowest BCUT2D eigenvalue weighted by atomic mass is 10.2. The van der Waals surface area contributed by atoms with Crippen LogP contribution in [0.25, 0.3) is 0 Å². The molecule has 1 aromatic heterocycles. The zero-order valence-electron chi connectivity index (χ0n) is 13.9. The highest BCUT2D eigenvalue weighted by molar-refractivity contribution is 7.86. The zero-order chi connectivity index (χ0) is 17.6. The van der Waals surface area contributed by atoms with Gasteiger partial charge in [-0.3, -0.25) is 4.18 Å². The average Bonchev–Trinajstić information content (AvgIpc) is 2.54. The van der Waals surface area contributed by atoms with E-state index < -0.39 is 10.1 Å². The Morgan fingerprint density at radius 1 is 0.958 bits per heavy atom. The summed E-state index contributed by atoms with van der Waals surface area (Å²) < 4.78 is 40.1. The molecule has 1 heterocycles. The lowest BCUT2D eigenvalue weighted by Crippen LogP contribution is -2.10. The minimum absolute atomic E-state index is 0.0825. The molecule has 0 saturated carbocycles. The van der Waals surface area contributed by atoms with Crippen molar-refractivity contribution < 1.29 is 22.1 Å². The summed E-state index contributed by atoms with van der Waals surface area (Å²) in [5.74, 6) is 0.782. The molecule has 7 nitrogen and oxygen atoms in total. The van der Waals surface area contributed by atoms with E-state index in [9.17, 15) is 8.42 Å². The summed E-state index contributed by atoms with van der Waals surface area (Å²) in [6.07, 6.45) is 0. The average molecular weight is 352 g/mol. The maximum absolute atomic E-state index is 12.2. The van der Waals surface area contributed by atoms with Gasteiger partial charge >= 0.3 is 0 Å². The van der Waals surface area contributed by atoms with Crippen LogP contribution >= 0.6 is 0 Å². The Hall–Kier alpha value is -2.19. The maximum atomic E-state index is 12.2. The van der Waals surface area contributed by atoms with E-state index in [0.29, 0.717) is 25.0 Å². The van der Waals surface area contributed by atoms with Crippen molar-refractivity contribution in [2.75, 3.05) is 13.2 Å². The molecule has 2 aromatic rings. The van der Waals surface area contributed by atoms with Gasteiger partial charge in [-0.05, 0) is 32.9 Å². The molecule has 0 atom stereocenters. The normalized spacial score (nSPS) is 11.3. The highest BCUT2D eigenvalue weighted by atomic mass is 32.2. The van der Waals surface area contributed by atoms with E-state index in [-0.39, 0.29) is 17.3 Å². The molecule has 130 valence electrons. The molecule has 1 aromatic carbocycles. The van der Waals surface area contributed by atoms with Gasteiger partial charge in [0.2, 0.25) is 11.8 Å². The van der Waals surface area contributed by atoms with Gasteiger partial charge in [0.1, 0.15) is 6.61 Å². The van der Waals surface area contributed by atoms with Crippen LogP contribution in [0.1, 0.15) is 25.2 Å². The summed E-state index contributed by atoms with van der Waals surface area (Å²) in [6.45, 7) is 6.05. The predicted octanol–water partition coefficient (Wildman–Crippen LogP) is 2.49. The molecule has 0 aliphatic heterocycles. The number of benzene rings is 1. The van der Waals surface area contributed by atoms with E-state index in [1.165, 1.54) is 12.1 Å². The van der Waals surface area contributed by atoms with Crippen LogP contribution < -0.4 is 9.47 Å². The van der Waals surface area contributed by atoms with Crippen LogP contribution in [0.2, 0.25) is 0 Å². The maximum Gasteiger partial charge on any atom is 0.297 e. The molecule has 0 radical (unpaired) electrons. The molecule has 0 fully saturated rings. The van der Waals surface area contributed by atoms with Gasteiger partial charge in [0.25, 0.3) is 10.1 Å². The number of nitrogens with zero attached hydrogens (tertiary/aromatic N) is 2. The van der Waals surface area contributed by atoms with Crippen LogP contribution in [0.4, 0.5) is 0 Å². The fourth-order valence-corrected chi connectivity index (χ4v) is 2.73. The minimum atomic E-state index is -3.89. The van der Waals surface area contributed by atoms with Crippen molar-refractivity contribution in [3.8, 4) is 11.8 Å². The molecule has 2 rings (SSSR count). The van der Waals surface area contributed by atoms with Crippen LogP contribution in [0, 0.1) is 6.92 Å². The Labute approximate surface area is 141 Å². The van der Waals surface area contributed by atoms with Crippen molar-refractivity contribution in [2.45, 2.75) is 32.3 Å². The zero-order valence-corrected chi connectivity index (χ0v) is 14.7. The lowest BCUT2D eigenvalue weighted by Gasteiger charge is -2.09. The van der Waals surface area contributed by atoms with Crippen LogP contribution in [0.15, 0.2) is 35.2 Å². The van der Waals surface area contributed by atoms with E-state index >= 15 is 0 Å². The number of aryl methyl sites for hydroxylation is 1. The van der Waals surface area contributed by atoms with Crippen LogP contribution in [-0.4, -0.2) is 31.6 Å². The molecule has 0 aliphatic rings. The van der Waals surface area contributed by atoms with Crippen molar-refractivity contribution in [3.05, 3.63) is 41.7 Å². The molecule has 0 N–H and O–H groups in total. The van der Waals surface area contributed by atoms with E-state index in [1.54, 1.807) is 18.2 Å². The summed E-state index contributed by atoms with van der Waals surface area (Å²) in [4.78, 5) is 8.31. The third-order valence-corrected chi connectivity index (χ3v) is 4.24. The molecule has 0 aliphatic carbocycles. The predicted molar refractivity (Wildman–Crippen MR) is 87.5 cm³/mol. The monoisotopic (exact) mass is 352 g/mol. The SMILES string of the molecule is CCOc1cc(OCC)nc(COS(=O)(=O)c2ccc(C)cc2)n1. The van der Waals surface area contributed by atoms with Crippen molar-refractivity contribution in [3.63, 3.8) is 0 Å².